The van der Waals surface area contributed by atoms with Crippen molar-refractivity contribution in [3.05, 3.63) is 40.8 Å². The predicted octanol–water partition coefficient (Wildman–Crippen LogP) is 2.91. The number of nitrogens with one attached hydrogen (secondary N) is 2. The summed E-state index contributed by atoms with van der Waals surface area (Å²) >= 11 is 3.59. The third-order valence-corrected chi connectivity index (χ3v) is 7.07. The van der Waals surface area contributed by atoms with E-state index in [0.29, 0.717) is 24.5 Å². The molecule has 2 aliphatic heterocycles. The third-order valence-electron chi connectivity index (χ3n) is 6.51. The van der Waals surface area contributed by atoms with E-state index in [9.17, 15) is 0 Å². The van der Waals surface area contributed by atoms with Gasteiger partial charge in [-0.1, -0.05) is 12.1 Å². The minimum Gasteiger partial charge on any atom is -0.347 e. The first-order chi connectivity index (χ1) is 15.2. The zero-order chi connectivity index (χ0) is 20.9. The Hall–Kier alpha value is -2.72. The number of rotatable bonds is 4. The molecule has 4 aromatic rings. The lowest BCUT2D eigenvalue weighted by molar-refractivity contribution is 0.158. The molecule has 1 aromatic carbocycles. The Labute approximate surface area is 188 Å². The molecule has 6 rings (SSSR count). The molecule has 0 spiro atoms. The number of imidazole rings is 1. The van der Waals surface area contributed by atoms with Gasteiger partial charge in [-0.2, -0.15) is 19.6 Å². The van der Waals surface area contributed by atoms with Crippen molar-refractivity contribution in [2.24, 2.45) is 5.92 Å². The fourth-order valence-electron chi connectivity index (χ4n) is 4.92. The zero-order valence-corrected chi connectivity index (χ0v) is 18.9. The Morgan fingerprint density at radius 2 is 2.10 bits per heavy atom. The van der Waals surface area contributed by atoms with Crippen molar-refractivity contribution < 1.29 is 0 Å². The highest BCUT2D eigenvalue weighted by atomic mass is 79.9. The van der Waals surface area contributed by atoms with Crippen molar-refractivity contribution in [1.29, 1.82) is 0 Å². The first kappa shape index (κ1) is 19.0. The Morgan fingerprint density at radius 1 is 1.19 bits per heavy atom. The molecule has 0 bridgehead atoms. The first-order valence-electron chi connectivity index (χ1n) is 10.7. The highest BCUT2D eigenvalue weighted by Crippen LogP contribution is 2.32. The number of aromatic nitrogens is 6. The summed E-state index contributed by atoms with van der Waals surface area (Å²) in [4.78, 5) is 22.5. The number of hydrogen-bond donors (Lipinski definition) is 2. The molecule has 2 atom stereocenters. The standard InChI is InChI=1S/C21H24BrN9/c1-29-8-4-5-13-11-30(12-17(13)29)21-27-19-14(22)9-24-31(19)20(28-21)23-10-18-25-15-6-2-3-7-16(15)26-18/h2-3,6-7,9,13,17H,4-5,8,10-12H2,1H3,(H,25,26)(H,23,27,28). The Morgan fingerprint density at radius 3 is 2.97 bits per heavy atom. The van der Waals surface area contributed by atoms with Crippen LogP contribution < -0.4 is 10.2 Å². The molecule has 0 aliphatic carbocycles. The van der Waals surface area contributed by atoms with Gasteiger partial charge in [0.1, 0.15) is 5.82 Å². The number of para-hydroxylation sites is 2. The summed E-state index contributed by atoms with van der Waals surface area (Å²) in [5.41, 5.74) is 2.75. The average molecular weight is 482 g/mol. The maximum absolute atomic E-state index is 4.87. The number of halogens is 1. The van der Waals surface area contributed by atoms with Gasteiger partial charge in [-0.25, -0.2) is 4.98 Å². The summed E-state index contributed by atoms with van der Waals surface area (Å²) in [6.45, 7) is 3.66. The number of aromatic amines is 1. The second-order valence-electron chi connectivity index (χ2n) is 8.48. The molecule has 2 aliphatic rings. The number of H-pyrrole nitrogens is 1. The van der Waals surface area contributed by atoms with Crippen LogP contribution in [0.1, 0.15) is 18.7 Å². The molecule has 160 valence electrons. The van der Waals surface area contributed by atoms with Crippen LogP contribution in [0.15, 0.2) is 34.9 Å². The number of benzene rings is 1. The van der Waals surface area contributed by atoms with Crippen molar-refractivity contribution in [3.8, 4) is 0 Å². The highest BCUT2D eigenvalue weighted by Gasteiger charge is 2.38. The molecule has 0 saturated carbocycles. The number of anilines is 2. The second-order valence-corrected chi connectivity index (χ2v) is 9.34. The number of nitrogens with zero attached hydrogens (tertiary/aromatic N) is 7. The molecule has 0 amide bonds. The summed E-state index contributed by atoms with van der Waals surface area (Å²) < 4.78 is 2.60. The lowest BCUT2D eigenvalue weighted by atomic mass is 9.93. The number of likely N-dealkylation sites (tertiary alicyclic amines) is 1. The summed E-state index contributed by atoms with van der Waals surface area (Å²) in [5.74, 6) is 2.95. The van der Waals surface area contributed by atoms with E-state index < -0.39 is 0 Å². The quantitative estimate of drug-likeness (QED) is 0.462. The molecule has 2 unspecified atom stereocenters. The molecule has 31 heavy (non-hydrogen) atoms. The molecule has 0 radical (unpaired) electrons. The second kappa shape index (κ2) is 7.45. The van der Waals surface area contributed by atoms with Crippen LogP contribution in [0.4, 0.5) is 11.9 Å². The Bertz CT molecular complexity index is 1220. The zero-order valence-electron chi connectivity index (χ0n) is 17.3. The summed E-state index contributed by atoms with van der Waals surface area (Å²) in [5, 5.41) is 7.86. The third kappa shape index (κ3) is 3.34. The van der Waals surface area contributed by atoms with E-state index in [0.717, 1.165) is 46.0 Å². The lowest BCUT2D eigenvalue weighted by Crippen LogP contribution is -2.42. The monoisotopic (exact) mass is 481 g/mol. The smallest absolute Gasteiger partial charge is 0.230 e. The van der Waals surface area contributed by atoms with E-state index in [-0.39, 0.29) is 0 Å². The lowest BCUT2D eigenvalue weighted by Gasteiger charge is -2.33. The predicted molar refractivity (Wildman–Crippen MR) is 123 cm³/mol. The summed E-state index contributed by atoms with van der Waals surface area (Å²) in [6, 6.07) is 8.61. The molecule has 2 N–H and O–H groups in total. The SMILES string of the molecule is CN1CCCC2CN(c3nc(NCc4nc5ccccc5[nH]4)n4ncc(Br)c4n3)CC21. The van der Waals surface area contributed by atoms with E-state index in [1.165, 1.54) is 19.4 Å². The molecule has 2 fully saturated rings. The van der Waals surface area contributed by atoms with Crippen LogP contribution in [0.2, 0.25) is 0 Å². The topological polar surface area (TPSA) is 90.3 Å². The van der Waals surface area contributed by atoms with Crippen molar-refractivity contribution in [1.82, 2.24) is 34.4 Å². The maximum atomic E-state index is 4.87. The van der Waals surface area contributed by atoms with Crippen molar-refractivity contribution in [3.63, 3.8) is 0 Å². The molecule has 2 saturated heterocycles. The molecule has 3 aromatic heterocycles. The summed E-state index contributed by atoms with van der Waals surface area (Å²) in [6.07, 6.45) is 4.31. The van der Waals surface area contributed by atoms with Crippen LogP contribution in [0.5, 0.6) is 0 Å². The molecular weight excluding hydrogens is 458 g/mol. The van der Waals surface area contributed by atoms with Crippen LogP contribution in [-0.2, 0) is 6.54 Å². The molecule has 5 heterocycles. The number of piperidine rings is 1. The Balaban J connectivity index is 1.31. The van der Waals surface area contributed by atoms with Gasteiger partial charge in [0.05, 0.1) is 28.2 Å². The molecule has 9 nitrogen and oxygen atoms in total. The highest BCUT2D eigenvalue weighted by molar-refractivity contribution is 9.10. The van der Waals surface area contributed by atoms with Gasteiger partial charge in [-0.15, -0.1) is 0 Å². The van der Waals surface area contributed by atoms with E-state index >= 15 is 0 Å². The van der Waals surface area contributed by atoms with Gasteiger partial charge in [0.25, 0.3) is 0 Å². The van der Waals surface area contributed by atoms with Crippen LogP contribution >= 0.6 is 15.9 Å². The van der Waals surface area contributed by atoms with Crippen LogP contribution in [0.3, 0.4) is 0 Å². The minimum atomic E-state index is 0.520. The number of likely N-dealkylation sites (N-methyl/N-ethyl adjacent to an activating group) is 1. The van der Waals surface area contributed by atoms with Crippen molar-refractivity contribution in [2.75, 3.05) is 36.9 Å². The van der Waals surface area contributed by atoms with E-state index in [2.05, 4.69) is 53.2 Å². The number of hydrogen-bond acceptors (Lipinski definition) is 7. The van der Waals surface area contributed by atoms with Crippen molar-refractivity contribution in [2.45, 2.75) is 25.4 Å². The van der Waals surface area contributed by atoms with E-state index in [4.69, 9.17) is 9.97 Å². The van der Waals surface area contributed by atoms with Gasteiger partial charge >= 0.3 is 0 Å². The van der Waals surface area contributed by atoms with Gasteiger partial charge in [0, 0.05) is 19.1 Å². The van der Waals surface area contributed by atoms with E-state index in [1.807, 2.05) is 24.3 Å². The van der Waals surface area contributed by atoms with Gasteiger partial charge in [-0.05, 0) is 60.4 Å². The first-order valence-corrected chi connectivity index (χ1v) is 11.5. The van der Waals surface area contributed by atoms with Gasteiger partial charge < -0.3 is 20.1 Å². The molecular formula is C21H24BrN9. The van der Waals surface area contributed by atoms with Gasteiger partial charge in [0.2, 0.25) is 11.9 Å². The maximum Gasteiger partial charge on any atom is 0.230 e. The minimum absolute atomic E-state index is 0.520. The van der Waals surface area contributed by atoms with Gasteiger partial charge in [-0.3, -0.25) is 0 Å². The van der Waals surface area contributed by atoms with Crippen molar-refractivity contribution >= 4 is 44.5 Å². The molecule has 10 heteroatoms. The van der Waals surface area contributed by atoms with Crippen LogP contribution in [0, 0.1) is 5.92 Å². The van der Waals surface area contributed by atoms with Gasteiger partial charge in [0.15, 0.2) is 5.65 Å². The number of fused-ring (bicyclic) bond motifs is 3. The largest absolute Gasteiger partial charge is 0.347 e. The van der Waals surface area contributed by atoms with E-state index in [1.54, 1.807) is 10.7 Å². The normalized spacial score (nSPS) is 21.8. The summed E-state index contributed by atoms with van der Waals surface area (Å²) in [7, 11) is 2.23. The fraction of sp³-hybridized carbons (Fsp3) is 0.429. The Kier molecular flexibility index (Phi) is 4.57. The van der Waals surface area contributed by atoms with Crippen LogP contribution in [0.25, 0.3) is 16.7 Å². The average Bonchev–Trinajstić information content (AvgIpc) is 3.49. The fourth-order valence-corrected chi connectivity index (χ4v) is 5.26. The van der Waals surface area contributed by atoms with Crippen LogP contribution in [-0.4, -0.2) is 67.2 Å².